The minimum Gasteiger partial charge on any atom is -0.376 e. The van der Waals surface area contributed by atoms with Crippen molar-refractivity contribution in [3.63, 3.8) is 0 Å². The van der Waals surface area contributed by atoms with E-state index in [0.29, 0.717) is 30.6 Å². The van der Waals surface area contributed by atoms with Crippen molar-refractivity contribution in [3.05, 3.63) is 29.6 Å². The van der Waals surface area contributed by atoms with Crippen LogP contribution in [-0.2, 0) is 16.5 Å². The molecule has 2 rings (SSSR count). The maximum absolute atomic E-state index is 13.9. The van der Waals surface area contributed by atoms with Crippen LogP contribution < -0.4 is 4.18 Å². The van der Waals surface area contributed by atoms with Gasteiger partial charge in [-0.25, -0.2) is 4.39 Å². The topological polar surface area (TPSA) is 46.6 Å². The SMILES string of the molecule is CC1CCCN1CCc1ccc(OS(=O)(=O)C(F)(F)F)cc1F. The molecule has 1 atom stereocenters. The minimum atomic E-state index is -5.79. The summed E-state index contributed by atoms with van der Waals surface area (Å²) in [6, 6.07) is 3.36. The van der Waals surface area contributed by atoms with Crippen molar-refractivity contribution in [2.45, 2.75) is 37.7 Å². The summed E-state index contributed by atoms with van der Waals surface area (Å²) >= 11 is 0. The second-order valence-electron chi connectivity index (χ2n) is 5.51. The zero-order chi connectivity index (χ0) is 17.3. The molecule has 0 saturated carbocycles. The maximum Gasteiger partial charge on any atom is 0.534 e. The Labute approximate surface area is 132 Å². The number of hydrogen-bond donors (Lipinski definition) is 0. The Morgan fingerprint density at radius 1 is 1.35 bits per heavy atom. The Bertz CT molecular complexity index is 660. The van der Waals surface area contributed by atoms with Crippen molar-refractivity contribution < 1.29 is 30.2 Å². The van der Waals surface area contributed by atoms with Gasteiger partial charge in [0.2, 0.25) is 0 Å². The summed E-state index contributed by atoms with van der Waals surface area (Å²) in [6.45, 7) is 3.66. The molecule has 0 N–H and O–H groups in total. The molecule has 0 aliphatic carbocycles. The normalized spacial score (nSPS) is 20.0. The Kier molecular flexibility index (Phi) is 5.20. The highest BCUT2D eigenvalue weighted by Crippen LogP contribution is 2.28. The van der Waals surface area contributed by atoms with Crippen LogP contribution in [0.1, 0.15) is 25.3 Å². The summed E-state index contributed by atoms with van der Waals surface area (Å²) < 4.78 is 76.2. The molecular weight excluding hydrogens is 338 g/mol. The average molecular weight is 355 g/mol. The van der Waals surface area contributed by atoms with Crippen LogP contribution in [0.25, 0.3) is 0 Å². The van der Waals surface area contributed by atoms with Crippen molar-refractivity contribution >= 4 is 10.1 Å². The summed E-state index contributed by atoms with van der Waals surface area (Å²) in [5.41, 5.74) is -5.24. The molecular formula is C14H17F4NO3S. The second kappa shape index (κ2) is 6.64. The van der Waals surface area contributed by atoms with E-state index >= 15 is 0 Å². The first-order valence-corrected chi connectivity index (χ1v) is 8.54. The van der Waals surface area contributed by atoms with E-state index in [-0.39, 0.29) is 0 Å². The van der Waals surface area contributed by atoms with E-state index in [1.54, 1.807) is 0 Å². The molecule has 1 aromatic rings. The van der Waals surface area contributed by atoms with E-state index in [9.17, 15) is 26.0 Å². The van der Waals surface area contributed by atoms with Gasteiger partial charge < -0.3 is 9.08 Å². The first-order valence-electron chi connectivity index (χ1n) is 7.13. The van der Waals surface area contributed by atoms with Gasteiger partial charge in [0.25, 0.3) is 0 Å². The lowest BCUT2D eigenvalue weighted by Gasteiger charge is -2.20. The quantitative estimate of drug-likeness (QED) is 0.463. The van der Waals surface area contributed by atoms with E-state index in [1.807, 2.05) is 0 Å². The number of hydrogen-bond acceptors (Lipinski definition) is 4. The zero-order valence-corrected chi connectivity index (χ0v) is 13.3. The summed E-state index contributed by atoms with van der Waals surface area (Å²) in [5, 5.41) is 0. The maximum atomic E-state index is 13.9. The molecule has 0 amide bonds. The number of nitrogens with zero attached hydrogens (tertiary/aromatic N) is 1. The third kappa shape index (κ3) is 4.35. The van der Waals surface area contributed by atoms with E-state index in [0.717, 1.165) is 25.5 Å². The monoisotopic (exact) mass is 355 g/mol. The molecule has 0 bridgehead atoms. The predicted octanol–water partition coefficient (Wildman–Crippen LogP) is 3.08. The highest BCUT2D eigenvalue weighted by molar-refractivity contribution is 7.87. The number of benzene rings is 1. The van der Waals surface area contributed by atoms with Crippen molar-refractivity contribution in [2.24, 2.45) is 0 Å². The smallest absolute Gasteiger partial charge is 0.376 e. The van der Waals surface area contributed by atoms with Crippen LogP contribution >= 0.6 is 0 Å². The van der Waals surface area contributed by atoms with Gasteiger partial charge in [-0.3, -0.25) is 0 Å². The van der Waals surface area contributed by atoms with Crippen LogP contribution in [0.5, 0.6) is 5.75 Å². The van der Waals surface area contributed by atoms with E-state index in [4.69, 9.17) is 0 Å². The number of alkyl halides is 3. The van der Waals surface area contributed by atoms with Gasteiger partial charge in [-0.1, -0.05) is 6.07 Å². The molecule has 0 spiro atoms. The Hall–Kier alpha value is -1.35. The fraction of sp³-hybridized carbons (Fsp3) is 0.571. The molecule has 1 aromatic carbocycles. The molecule has 1 fully saturated rings. The summed E-state index contributed by atoms with van der Waals surface area (Å²) in [7, 11) is -5.79. The van der Waals surface area contributed by atoms with Crippen LogP contribution in [0.3, 0.4) is 0 Å². The van der Waals surface area contributed by atoms with E-state index in [1.165, 1.54) is 6.07 Å². The van der Waals surface area contributed by atoms with Gasteiger partial charge in [-0.15, -0.1) is 0 Å². The largest absolute Gasteiger partial charge is 0.534 e. The second-order valence-corrected chi connectivity index (χ2v) is 7.05. The lowest BCUT2D eigenvalue weighted by atomic mass is 10.1. The third-order valence-electron chi connectivity index (χ3n) is 3.87. The molecule has 130 valence electrons. The van der Waals surface area contributed by atoms with Gasteiger partial charge >= 0.3 is 15.6 Å². The molecule has 1 saturated heterocycles. The molecule has 1 unspecified atom stereocenters. The van der Waals surface area contributed by atoms with Gasteiger partial charge in [-0.05, 0) is 44.4 Å². The van der Waals surface area contributed by atoms with Gasteiger partial charge in [0, 0.05) is 18.7 Å². The van der Waals surface area contributed by atoms with Gasteiger partial charge in [0.15, 0.2) is 0 Å². The van der Waals surface area contributed by atoms with Crippen LogP contribution in [0.2, 0.25) is 0 Å². The molecule has 0 radical (unpaired) electrons. The average Bonchev–Trinajstić information content (AvgIpc) is 2.81. The van der Waals surface area contributed by atoms with Crippen molar-refractivity contribution in [1.82, 2.24) is 4.90 Å². The van der Waals surface area contributed by atoms with Crippen LogP contribution in [0.15, 0.2) is 18.2 Å². The van der Waals surface area contributed by atoms with Crippen LogP contribution in [-0.4, -0.2) is 38.0 Å². The van der Waals surface area contributed by atoms with Crippen LogP contribution in [0, 0.1) is 5.82 Å². The lowest BCUT2D eigenvalue weighted by Crippen LogP contribution is -2.29. The standard InChI is InChI=1S/C14H17F4NO3S/c1-10-3-2-7-19(10)8-6-11-4-5-12(9-13(11)15)22-23(20,21)14(16,17)18/h4-5,9-10H,2-3,6-8H2,1H3. The van der Waals surface area contributed by atoms with E-state index < -0.39 is 27.2 Å². The molecule has 4 nitrogen and oxygen atoms in total. The summed E-state index contributed by atoms with van der Waals surface area (Å²) in [6.07, 6.45) is 2.57. The molecule has 1 aliphatic heterocycles. The van der Waals surface area contributed by atoms with E-state index in [2.05, 4.69) is 16.0 Å². The summed E-state index contributed by atoms with van der Waals surface area (Å²) in [5.74, 6) is -1.48. The molecule has 1 aliphatic rings. The van der Waals surface area contributed by atoms with Gasteiger partial charge in [0.1, 0.15) is 11.6 Å². The minimum absolute atomic E-state index is 0.306. The highest BCUT2D eigenvalue weighted by Gasteiger charge is 2.48. The molecule has 9 heteroatoms. The van der Waals surface area contributed by atoms with Crippen molar-refractivity contribution in [2.75, 3.05) is 13.1 Å². The highest BCUT2D eigenvalue weighted by atomic mass is 32.2. The fourth-order valence-electron chi connectivity index (χ4n) is 2.55. The number of likely N-dealkylation sites (tertiary alicyclic amines) is 1. The summed E-state index contributed by atoms with van der Waals surface area (Å²) in [4.78, 5) is 2.21. The first kappa shape index (κ1) is 18.0. The first-order chi connectivity index (χ1) is 10.6. The lowest BCUT2D eigenvalue weighted by molar-refractivity contribution is -0.0500. The molecule has 1 heterocycles. The predicted molar refractivity (Wildman–Crippen MR) is 76.0 cm³/mol. The Morgan fingerprint density at radius 2 is 2.04 bits per heavy atom. The molecule has 23 heavy (non-hydrogen) atoms. The van der Waals surface area contributed by atoms with Crippen molar-refractivity contribution in [1.29, 1.82) is 0 Å². The fourth-order valence-corrected chi connectivity index (χ4v) is 3.00. The molecule has 0 aromatic heterocycles. The van der Waals surface area contributed by atoms with Crippen LogP contribution in [0.4, 0.5) is 17.6 Å². The zero-order valence-electron chi connectivity index (χ0n) is 12.4. The van der Waals surface area contributed by atoms with Crippen molar-refractivity contribution in [3.8, 4) is 5.75 Å². The number of rotatable bonds is 5. The van der Waals surface area contributed by atoms with Gasteiger partial charge in [0.05, 0.1) is 0 Å². The van der Waals surface area contributed by atoms with Gasteiger partial charge in [-0.2, -0.15) is 21.6 Å². The Balaban J connectivity index is 2.03. The third-order valence-corrected chi connectivity index (χ3v) is 4.85. The Morgan fingerprint density at radius 3 is 2.57 bits per heavy atom. The number of halogens is 4.